The predicted octanol–water partition coefficient (Wildman–Crippen LogP) is 0.549. The Hall–Kier alpha value is -0.570. The molecule has 1 aliphatic carbocycles. The second-order valence-corrected chi connectivity index (χ2v) is 2.98. The zero-order valence-corrected chi connectivity index (χ0v) is 6.93. The van der Waals surface area contributed by atoms with Crippen LogP contribution in [0.2, 0.25) is 0 Å². The maximum Gasteiger partial charge on any atom is 0.307 e. The first kappa shape index (κ1) is 8.53. The van der Waals surface area contributed by atoms with E-state index in [9.17, 15) is 4.79 Å². The summed E-state index contributed by atoms with van der Waals surface area (Å²) in [5.41, 5.74) is 0. The van der Waals surface area contributed by atoms with Crippen molar-refractivity contribution in [1.82, 2.24) is 5.32 Å². The summed E-state index contributed by atoms with van der Waals surface area (Å²) in [5, 5.41) is 2.90. The van der Waals surface area contributed by atoms with Crippen LogP contribution in [0.15, 0.2) is 0 Å². The molecule has 0 aromatic carbocycles. The van der Waals surface area contributed by atoms with E-state index in [1.54, 1.807) is 0 Å². The highest BCUT2D eigenvalue weighted by Crippen LogP contribution is 2.28. The molecule has 0 aromatic heterocycles. The highest BCUT2D eigenvalue weighted by molar-refractivity contribution is 5.69. The van der Waals surface area contributed by atoms with Gasteiger partial charge in [-0.2, -0.15) is 0 Å². The summed E-state index contributed by atoms with van der Waals surface area (Å²) in [4.78, 5) is 10.9. The first-order valence-electron chi connectivity index (χ1n) is 4.13. The molecule has 0 unspecified atom stereocenters. The molecule has 0 saturated heterocycles. The van der Waals surface area contributed by atoms with Crippen molar-refractivity contribution in [3.63, 3.8) is 0 Å². The van der Waals surface area contributed by atoms with Gasteiger partial charge in [0.05, 0.1) is 13.0 Å². The number of esters is 1. The number of hydrogen-bond donors (Lipinski definition) is 1. The molecule has 3 nitrogen and oxygen atoms in total. The van der Waals surface area contributed by atoms with Gasteiger partial charge in [-0.3, -0.25) is 4.79 Å². The molecule has 0 atom stereocenters. The summed E-state index contributed by atoms with van der Waals surface area (Å²) in [6.45, 7) is 1.35. The molecule has 0 bridgehead atoms. The molecule has 1 N–H and O–H groups in total. The first-order valence-corrected chi connectivity index (χ1v) is 4.13. The second-order valence-electron chi connectivity index (χ2n) is 2.98. The summed E-state index contributed by atoms with van der Waals surface area (Å²) in [6.07, 6.45) is 2.96. The fraction of sp³-hybridized carbons (Fsp3) is 0.875. The first-order chi connectivity index (χ1) is 5.33. The normalized spacial score (nSPS) is 16.5. The maximum absolute atomic E-state index is 10.9. The van der Waals surface area contributed by atoms with Crippen LogP contribution in [0.1, 0.15) is 19.3 Å². The number of ether oxygens (including phenoxy) is 1. The molecular formula is C8H15NO2. The third kappa shape index (κ3) is 3.98. The van der Waals surface area contributed by atoms with Crippen LogP contribution in [-0.4, -0.2) is 26.2 Å². The van der Waals surface area contributed by atoms with Crippen molar-refractivity contribution in [3.05, 3.63) is 0 Å². The minimum absolute atomic E-state index is 0.0775. The molecule has 1 rings (SSSR count). The SMILES string of the molecule is CNCCC(=O)OCC1CC1. The van der Waals surface area contributed by atoms with E-state index in [-0.39, 0.29) is 5.97 Å². The van der Waals surface area contributed by atoms with Gasteiger partial charge in [-0.1, -0.05) is 0 Å². The Labute approximate surface area is 67.1 Å². The van der Waals surface area contributed by atoms with Crippen LogP contribution in [0.3, 0.4) is 0 Å². The molecule has 0 amide bonds. The van der Waals surface area contributed by atoms with Gasteiger partial charge in [0.1, 0.15) is 0 Å². The van der Waals surface area contributed by atoms with E-state index in [0.717, 1.165) is 0 Å². The summed E-state index contributed by atoms with van der Waals surface area (Å²) < 4.78 is 4.99. The van der Waals surface area contributed by atoms with Crippen molar-refractivity contribution in [1.29, 1.82) is 0 Å². The molecule has 0 aromatic rings. The maximum atomic E-state index is 10.9. The monoisotopic (exact) mass is 157 g/mol. The summed E-state index contributed by atoms with van der Waals surface area (Å²) in [5.74, 6) is 0.597. The summed E-state index contributed by atoms with van der Waals surface area (Å²) in [6, 6.07) is 0. The lowest BCUT2D eigenvalue weighted by atomic mass is 10.4. The molecule has 1 saturated carbocycles. The fourth-order valence-electron chi connectivity index (χ4n) is 0.795. The van der Waals surface area contributed by atoms with Crippen molar-refractivity contribution in [3.8, 4) is 0 Å². The summed E-state index contributed by atoms with van der Waals surface area (Å²) >= 11 is 0. The quantitative estimate of drug-likeness (QED) is 0.592. The van der Waals surface area contributed by atoms with E-state index in [0.29, 0.717) is 25.5 Å². The average Bonchev–Trinajstić information content (AvgIpc) is 2.80. The lowest BCUT2D eigenvalue weighted by molar-refractivity contribution is -0.144. The Morgan fingerprint density at radius 1 is 1.64 bits per heavy atom. The Balaban J connectivity index is 1.91. The minimum atomic E-state index is -0.0775. The van der Waals surface area contributed by atoms with Crippen LogP contribution >= 0.6 is 0 Å². The van der Waals surface area contributed by atoms with Crippen LogP contribution < -0.4 is 5.32 Å². The third-order valence-electron chi connectivity index (χ3n) is 1.76. The van der Waals surface area contributed by atoms with E-state index >= 15 is 0 Å². The van der Waals surface area contributed by atoms with Crippen LogP contribution in [0.4, 0.5) is 0 Å². The Kier molecular flexibility index (Phi) is 3.36. The van der Waals surface area contributed by atoms with Gasteiger partial charge in [-0.15, -0.1) is 0 Å². The topological polar surface area (TPSA) is 38.3 Å². The van der Waals surface area contributed by atoms with Crippen LogP contribution in [0.5, 0.6) is 0 Å². The highest BCUT2D eigenvalue weighted by atomic mass is 16.5. The number of hydrogen-bond acceptors (Lipinski definition) is 3. The molecular weight excluding hydrogens is 142 g/mol. The zero-order chi connectivity index (χ0) is 8.10. The Morgan fingerprint density at radius 3 is 2.91 bits per heavy atom. The third-order valence-corrected chi connectivity index (χ3v) is 1.76. The lowest BCUT2D eigenvalue weighted by Gasteiger charge is -2.01. The second kappa shape index (κ2) is 4.34. The Bertz CT molecular complexity index is 132. The fourth-order valence-corrected chi connectivity index (χ4v) is 0.795. The van der Waals surface area contributed by atoms with Crippen molar-refractivity contribution >= 4 is 5.97 Å². The Morgan fingerprint density at radius 2 is 2.36 bits per heavy atom. The van der Waals surface area contributed by atoms with Gasteiger partial charge in [0.25, 0.3) is 0 Å². The standard InChI is InChI=1S/C8H15NO2/c1-9-5-4-8(10)11-6-7-2-3-7/h7,9H,2-6H2,1H3. The molecule has 0 radical (unpaired) electrons. The van der Waals surface area contributed by atoms with E-state index in [1.165, 1.54) is 12.8 Å². The lowest BCUT2D eigenvalue weighted by Crippen LogP contribution is -2.15. The van der Waals surface area contributed by atoms with Gasteiger partial charge in [0, 0.05) is 6.54 Å². The van der Waals surface area contributed by atoms with Gasteiger partial charge in [0.2, 0.25) is 0 Å². The molecule has 64 valence electrons. The molecule has 1 aliphatic rings. The molecule has 1 fully saturated rings. The summed E-state index contributed by atoms with van der Waals surface area (Å²) in [7, 11) is 1.83. The number of carbonyl (C=O) groups excluding carboxylic acids is 1. The molecule has 3 heteroatoms. The van der Waals surface area contributed by atoms with Gasteiger partial charge in [-0.05, 0) is 25.8 Å². The predicted molar refractivity (Wildman–Crippen MR) is 42.2 cm³/mol. The van der Waals surface area contributed by atoms with E-state index in [4.69, 9.17) is 4.74 Å². The number of rotatable bonds is 5. The molecule has 0 aliphatic heterocycles. The van der Waals surface area contributed by atoms with Gasteiger partial charge < -0.3 is 10.1 Å². The van der Waals surface area contributed by atoms with Gasteiger partial charge in [-0.25, -0.2) is 0 Å². The average molecular weight is 157 g/mol. The smallest absolute Gasteiger partial charge is 0.307 e. The van der Waals surface area contributed by atoms with Crippen LogP contribution in [0.25, 0.3) is 0 Å². The van der Waals surface area contributed by atoms with E-state index < -0.39 is 0 Å². The minimum Gasteiger partial charge on any atom is -0.465 e. The highest BCUT2D eigenvalue weighted by Gasteiger charge is 2.22. The van der Waals surface area contributed by atoms with Crippen LogP contribution in [0, 0.1) is 5.92 Å². The largest absolute Gasteiger partial charge is 0.465 e. The molecule has 0 heterocycles. The van der Waals surface area contributed by atoms with E-state index in [1.807, 2.05) is 7.05 Å². The zero-order valence-electron chi connectivity index (χ0n) is 6.93. The number of nitrogens with one attached hydrogen (secondary N) is 1. The van der Waals surface area contributed by atoms with Crippen molar-refractivity contribution in [2.24, 2.45) is 5.92 Å². The van der Waals surface area contributed by atoms with E-state index in [2.05, 4.69) is 5.32 Å². The van der Waals surface area contributed by atoms with Crippen molar-refractivity contribution in [2.75, 3.05) is 20.2 Å². The van der Waals surface area contributed by atoms with Crippen molar-refractivity contribution in [2.45, 2.75) is 19.3 Å². The van der Waals surface area contributed by atoms with Crippen LogP contribution in [-0.2, 0) is 9.53 Å². The number of carbonyl (C=O) groups is 1. The molecule has 11 heavy (non-hydrogen) atoms. The van der Waals surface area contributed by atoms with Crippen molar-refractivity contribution < 1.29 is 9.53 Å². The van der Waals surface area contributed by atoms with Gasteiger partial charge >= 0.3 is 5.97 Å². The molecule has 0 spiro atoms. The van der Waals surface area contributed by atoms with Gasteiger partial charge in [0.15, 0.2) is 0 Å².